The van der Waals surface area contributed by atoms with E-state index in [1.165, 1.54) is 12.1 Å². The highest BCUT2D eigenvalue weighted by Crippen LogP contribution is 2.30. The zero-order valence-electron chi connectivity index (χ0n) is 13.1. The average Bonchev–Trinajstić information content (AvgIpc) is 2.94. The smallest absolute Gasteiger partial charge is 0.356 e. The number of nitrogens with zero attached hydrogens (tertiary/aromatic N) is 1. The largest absolute Gasteiger partial charge is 0.416 e. The van der Waals surface area contributed by atoms with Crippen molar-refractivity contribution in [1.82, 2.24) is 10.5 Å². The molecule has 0 aliphatic carbocycles. The lowest BCUT2D eigenvalue weighted by atomic mass is 10.1. The Morgan fingerprint density at radius 2 is 2.00 bits per heavy atom. The number of aryl methyl sites for hydroxylation is 1. The minimum Gasteiger partial charge on any atom is -0.356 e. The quantitative estimate of drug-likeness (QED) is 0.733. The van der Waals surface area contributed by atoms with Gasteiger partial charge in [-0.15, -0.1) is 0 Å². The van der Waals surface area contributed by atoms with E-state index in [0.29, 0.717) is 11.3 Å². The van der Waals surface area contributed by atoms with Crippen molar-refractivity contribution in [2.75, 3.05) is 5.32 Å². The molecule has 2 amide bonds. The first-order valence-electron chi connectivity index (χ1n) is 7.40. The number of anilines is 1. The van der Waals surface area contributed by atoms with Crippen LogP contribution in [-0.2, 0) is 12.7 Å². The van der Waals surface area contributed by atoms with Crippen molar-refractivity contribution in [3.05, 3.63) is 59.3 Å². The third-order valence-corrected chi connectivity index (χ3v) is 3.56. The molecule has 0 atom stereocenters. The Balaban J connectivity index is 1.66. The number of amides is 2. The van der Waals surface area contributed by atoms with Gasteiger partial charge in [0.2, 0.25) is 0 Å². The number of hydrogen-bond donors (Lipinski definition) is 2. The van der Waals surface area contributed by atoms with E-state index < -0.39 is 17.8 Å². The van der Waals surface area contributed by atoms with E-state index >= 15 is 0 Å². The predicted octanol–water partition coefficient (Wildman–Crippen LogP) is 4.48. The first-order chi connectivity index (χ1) is 11.8. The van der Waals surface area contributed by atoms with E-state index in [1.807, 2.05) is 19.1 Å². The zero-order valence-corrected chi connectivity index (χ0v) is 13.1. The van der Waals surface area contributed by atoms with Crippen LogP contribution in [0.1, 0.15) is 16.8 Å². The molecule has 0 saturated carbocycles. The second kappa shape index (κ2) is 6.46. The molecule has 0 radical (unpaired) electrons. The van der Waals surface area contributed by atoms with Crippen LogP contribution in [0.4, 0.5) is 23.7 Å². The number of carbonyl (C=O) groups excluding carboxylic acids is 1. The SMILES string of the molecule is Cc1ccc2onc(CNC(=O)Nc3cccc(C(F)(F)F)c3)c2c1. The molecule has 0 bridgehead atoms. The number of benzene rings is 2. The zero-order chi connectivity index (χ0) is 18.0. The van der Waals surface area contributed by atoms with Crippen molar-refractivity contribution < 1.29 is 22.5 Å². The fraction of sp³-hybridized carbons (Fsp3) is 0.176. The Bertz CT molecular complexity index is 919. The molecule has 0 spiro atoms. The molecule has 3 rings (SSSR count). The number of carbonyl (C=O) groups is 1. The van der Waals surface area contributed by atoms with Gasteiger partial charge in [0, 0.05) is 11.1 Å². The van der Waals surface area contributed by atoms with Crippen LogP contribution >= 0.6 is 0 Å². The van der Waals surface area contributed by atoms with Gasteiger partial charge in [-0.05, 0) is 37.3 Å². The molecule has 0 aliphatic heterocycles. The fourth-order valence-corrected chi connectivity index (χ4v) is 2.34. The molecule has 130 valence electrons. The normalized spacial score (nSPS) is 11.5. The maximum atomic E-state index is 12.7. The van der Waals surface area contributed by atoms with Gasteiger partial charge in [-0.1, -0.05) is 22.9 Å². The van der Waals surface area contributed by atoms with Gasteiger partial charge < -0.3 is 15.2 Å². The highest BCUT2D eigenvalue weighted by atomic mass is 19.4. The van der Waals surface area contributed by atoms with Gasteiger partial charge in [-0.2, -0.15) is 13.2 Å². The number of nitrogens with one attached hydrogen (secondary N) is 2. The number of urea groups is 1. The monoisotopic (exact) mass is 349 g/mol. The standard InChI is InChI=1S/C17H14F3N3O2/c1-10-5-6-15-13(7-10)14(23-25-15)9-21-16(24)22-12-4-2-3-11(8-12)17(18,19)20/h2-8H,9H2,1H3,(H2,21,22,24). The number of fused-ring (bicyclic) bond motifs is 1. The minimum absolute atomic E-state index is 0.0492. The molecule has 0 unspecified atom stereocenters. The van der Waals surface area contributed by atoms with E-state index in [4.69, 9.17) is 4.52 Å². The summed E-state index contributed by atoms with van der Waals surface area (Å²) >= 11 is 0. The van der Waals surface area contributed by atoms with Gasteiger partial charge in [-0.3, -0.25) is 0 Å². The summed E-state index contributed by atoms with van der Waals surface area (Å²) in [5.41, 5.74) is 1.38. The van der Waals surface area contributed by atoms with Crippen molar-refractivity contribution in [2.24, 2.45) is 0 Å². The van der Waals surface area contributed by atoms with Crippen LogP contribution in [-0.4, -0.2) is 11.2 Å². The van der Waals surface area contributed by atoms with Crippen LogP contribution < -0.4 is 10.6 Å². The van der Waals surface area contributed by atoms with E-state index in [0.717, 1.165) is 23.1 Å². The van der Waals surface area contributed by atoms with Gasteiger partial charge in [0.1, 0.15) is 5.69 Å². The summed E-state index contributed by atoms with van der Waals surface area (Å²) in [5.74, 6) is 0. The molecule has 2 N–H and O–H groups in total. The van der Waals surface area contributed by atoms with Crippen LogP contribution in [0.15, 0.2) is 47.0 Å². The Hall–Kier alpha value is -3.03. The molecule has 8 heteroatoms. The summed E-state index contributed by atoms with van der Waals surface area (Å²) in [4.78, 5) is 11.9. The summed E-state index contributed by atoms with van der Waals surface area (Å²) in [5, 5.41) is 9.59. The molecule has 3 aromatic rings. The lowest BCUT2D eigenvalue weighted by Crippen LogP contribution is -2.28. The van der Waals surface area contributed by atoms with Gasteiger partial charge in [0.05, 0.1) is 12.1 Å². The van der Waals surface area contributed by atoms with Crippen molar-refractivity contribution in [3.8, 4) is 0 Å². The van der Waals surface area contributed by atoms with E-state index in [9.17, 15) is 18.0 Å². The van der Waals surface area contributed by atoms with Crippen molar-refractivity contribution in [1.29, 1.82) is 0 Å². The number of rotatable bonds is 3. The van der Waals surface area contributed by atoms with Crippen LogP contribution in [0.3, 0.4) is 0 Å². The predicted molar refractivity (Wildman–Crippen MR) is 86.0 cm³/mol. The van der Waals surface area contributed by atoms with Crippen LogP contribution in [0.2, 0.25) is 0 Å². The fourth-order valence-electron chi connectivity index (χ4n) is 2.34. The summed E-state index contributed by atoms with van der Waals surface area (Å²) in [7, 11) is 0. The van der Waals surface area contributed by atoms with Gasteiger partial charge in [-0.25, -0.2) is 4.79 Å². The number of hydrogen-bond acceptors (Lipinski definition) is 3. The van der Waals surface area contributed by atoms with Crippen LogP contribution in [0.5, 0.6) is 0 Å². The molecule has 5 nitrogen and oxygen atoms in total. The average molecular weight is 349 g/mol. The number of aromatic nitrogens is 1. The first kappa shape index (κ1) is 16.8. The Morgan fingerprint density at radius 1 is 1.20 bits per heavy atom. The van der Waals surface area contributed by atoms with Crippen molar-refractivity contribution in [2.45, 2.75) is 19.6 Å². The maximum Gasteiger partial charge on any atom is 0.416 e. The summed E-state index contributed by atoms with van der Waals surface area (Å²) in [6.45, 7) is 2.01. The van der Waals surface area contributed by atoms with Gasteiger partial charge in [0.25, 0.3) is 0 Å². The molecule has 1 heterocycles. The van der Waals surface area contributed by atoms with Crippen molar-refractivity contribution in [3.63, 3.8) is 0 Å². The third kappa shape index (κ3) is 3.90. The van der Waals surface area contributed by atoms with Gasteiger partial charge >= 0.3 is 12.2 Å². The summed E-state index contributed by atoms with van der Waals surface area (Å²) in [6, 6.07) is 9.32. The molecule has 2 aromatic carbocycles. The molecule has 25 heavy (non-hydrogen) atoms. The van der Waals surface area contributed by atoms with Crippen molar-refractivity contribution >= 4 is 22.7 Å². The Labute approximate surface area is 140 Å². The molecule has 1 aromatic heterocycles. The molecule has 0 fully saturated rings. The van der Waals surface area contributed by atoms with Crippen LogP contribution in [0, 0.1) is 6.92 Å². The van der Waals surface area contributed by atoms with Crippen LogP contribution in [0.25, 0.3) is 11.0 Å². The molecular weight excluding hydrogens is 335 g/mol. The molecule has 0 saturated heterocycles. The Morgan fingerprint density at radius 3 is 2.76 bits per heavy atom. The van der Waals surface area contributed by atoms with E-state index in [2.05, 4.69) is 15.8 Å². The highest BCUT2D eigenvalue weighted by Gasteiger charge is 2.30. The topological polar surface area (TPSA) is 67.2 Å². The second-order valence-electron chi connectivity index (χ2n) is 5.52. The van der Waals surface area contributed by atoms with E-state index in [1.54, 1.807) is 6.07 Å². The number of alkyl halides is 3. The van der Waals surface area contributed by atoms with E-state index in [-0.39, 0.29) is 12.2 Å². The van der Waals surface area contributed by atoms with Gasteiger partial charge in [0.15, 0.2) is 5.58 Å². The highest BCUT2D eigenvalue weighted by molar-refractivity contribution is 5.89. The molecular formula is C17H14F3N3O2. The lowest BCUT2D eigenvalue weighted by molar-refractivity contribution is -0.137. The Kier molecular flexibility index (Phi) is 4.35. The number of halogens is 3. The summed E-state index contributed by atoms with van der Waals surface area (Å²) in [6.07, 6.45) is -4.47. The maximum absolute atomic E-state index is 12.7. The summed E-state index contributed by atoms with van der Waals surface area (Å²) < 4.78 is 43.2. The molecule has 0 aliphatic rings. The second-order valence-corrected chi connectivity index (χ2v) is 5.52. The third-order valence-electron chi connectivity index (χ3n) is 3.56. The minimum atomic E-state index is -4.47. The first-order valence-corrected chi connectivity index (χ1v) is 7.40. The lowest BCUT2D eigenvalue weighted by Gasteiger charge is -2.10.